The number of nitrogens with one attached hydrogen (secondary N) is 1. The van der Waals surface area contributed by atoms with Gasteiger partial charge in [-0.05, 0) is 44.0 Å². The minimum absolute atomic E-state index is 0.338. The van der Waals surface area contributed by atoms with Crippen molar-refractivity contribution in [2.24, 2.45) is 5.73 Å². The Labute approximate surface area is 130 Å². The van der Waals surface area contributed by atoms with Gasteiger partial charge in [0, 0.05) is 11.1 Å². The van der Waals surface area contributed by atoms with Crippen molar-refractivity contribution in [3.63, 3.8) is 0 Å². The van der Waals surface area contributed by atoms with Crippen molar-refractivity contribution >= 4 is 10.9 Å². The molecule has 0 aliphatic heterocycles. The van der Waals surface area contributed by atoms with E-state index in [0.717, 1.165) is 33.3 Å². The van der Waals surface area contributed by atoms with Crippen LogP contribution in [0.4, 0.5) is 0 Å². The molecule has 0 aliphatic carbocycles. The van der Waals surface area contributed by atoms with Crippen LogP contribution in [-0.2, 0) is 5.54 Å². The van der Waals surface area contributed by atoms with Gasteiger partial charge in [0.2, 0.25) is 0 Å². The van der Waals surface area contributed by atoms with Crippen molar-refractivity contribution in [3.8, 4) is 16.9 Å². The molecule has 0 amide bonds. The number of rotatable bonds is 4. The van der Waals surface area contributed by atoms with E-state index in [9.17, 15) is 0 Å². The molecule has 3 rings (SSSR count). The first-order valence-corrected chi connectivity index (χ1v) is 7.49. The third kappa shape index (κ3) is 2.57. The van der Waals surface area contributed by atoms with E-state index in [4.69, 9.17) is 10.5 Å². The lowest BCUT2D eigenvalue weighted by Gasteiger charge is -2.19. The van der Waals surface area contributed by atoms with Crippen LogP contribution in [0.5, 0.6) is 5.75 Å². The molecule has 0 spiro atoms. The Morgan fingerprint density at radius 1 is 1.14 bits per heavy atom. The summed E-state index contributed by atoms with van der Waals surface area (Å²) in [6.45, 7) is 6.62. The first kappa shape index (κ1) is 14.6. The number of nitrogens with zero attached hydrogens (tertiary/aromatic N) is 1. The number of nitrogens with two attached hydrogens (primary N) is 1. The summed E-state index contributed by atoms with van der Waals surface area (Å²) in [6, 6.07) is 12.4. The summed E-state index contributed by atoms with van der Waals surface area (Å²) in [5.74, 6) is 0.869. The van der Waals surface area contributed by atoms with Crippen LogP contribution in [0.2, 0.25) is 0 Å². The predicted molar refractivity (Wildman–Crippen MR) is 89.9 cm³/mol. The Bertz CT molecular complexity index is 782. The molecular formula is C18H21N3O. The summed E-state index contributed by atoms with van der Waals surface area (Å²) in [6.07, 6.45) is 1.81. The lowest BCUT2D eigenvalue weighted by atomic mass is 9.93. The van der Waals surface area contributed by atoms with Crippen LogP contribution in [-0.4, -0.2) is 16.8 Å². The minimum Gasteiger partial charge on any atom is -0.492 e. The zero-order valence-electron chi connectivity index (χ0n) is 13.2. The van der Waals surface area contributed by atoms with Crippen LogP contribution in [0.15, 0.2) is 42.6 Å². The molecule has 0 aliphatic rings. The Kier molecular flexibility index (Phi) is 3.62. The Morgan fingerprint density at radius 2 is 1.86 bits per heavy atom. The average Bonchev–Trinajstić information content (AvgIpc) is 2.96. The molecule has 4 heteroatoms. The molecule has 0 atom stereocenters. The molecular weight excluding hydrogens is 274 g/mol. The molecule has 0 saturated carbocycles. The number of benzene rings is 2. The second-order valence-corrected chi connectivity index (χ2v) is 6.01. The predicted octanol–water partition coefficient (Wildman–Crippen LogP) is 3.82. The smallest absolute Gasteiger partial charge is 0.138 e. The zero-order chi connectivity index (χ0) is 15.7. The minimum atomic E-state index is -0.338. The maximum atomic E-state index is 6.15. The number of H-pyrrole nitrogens is 1. The van der Waals surface area contributed by atoms with E-state index in [-0.39, 0.29) is 5.54 Å². The fourth-order valence-electron chi connectivity index (χ4n) is 2.60. The van der Waals surface area contributed by atoms with Crippen LogP contribution < -0.4 is 10.5 Å². The van der Waals surface area contributed by atoms with Gasteiger partial charge in [0.1, 0.15) is 5.75 Å². The summed E-state index contributed by atoms with van der Waals surface area (Å²) in [5, 5.41) is 8.09. The molecule has 1 heterocycles. The highest BCUT2D eigenvalue weighted by molar-refractivity contribution is 5.92. The highest BCUT2D eigenvalue weighted by atomic mass is 16.5. The maximum absolute atomic E-state index is 6.15. The van der Waals surface area contributed by atoms with E-state index in [2.05, 4.69) is 40.5 Å². The summed E-state index contributed by atoms with van der Waals surface area (Å²) in [4.78, 5) is 0. The topological polar surface area (TPSA) is 63.9 Å². The van der Waals surface area contributed by atoms with Gasteiger partial charge in [-0.25, -0.2) is 0 Å². The quantitative estimate of drug-likeness (QED) is 0.769. The van der Waals surface area contributed by atoms with Crippen LogP contribution in [0.1, 0.15) is 26.3 Å². The third-order valence-electron chi connectivity index (χ3n) is 3.80. The van der Waals surface area contributed by atoms with Gasteiger partial charge in [-0.1, -0.05) is 24.3 Å². The first-order chi connectivity index (χ1) is 10.5. The lowest BCUT2D eigenvalue weighted by molar-refractivity contribution is 0.345. The average molecular weight is 295 g/mol. The second-order valence-electron chi connectivity index (χ2n) is 6.01. The standard InChI is InChI=1S/C18H21N3O/c1-4-22-17-14(9-10-16-15(17)11-20-21-16)12-5-7-13(8-6-12)18(2,3)19/h5-11H,4,19H2,1-3H3,(H,20,21). The monoisotopic (exact) mass is 295 g/mol. The van der Waals surface area contributed by atoms with Gasteiger partial charge >= 0.3 is 0 Å². The first-order valence-electron chi connectivity index (χ1n) is 7.49. The number of ether oxygens (including phenoxy) is 1. The molecule has 0 saturated heterocycles. The molecule has 22 heavy (non-hydrogen) atoms. The van der Waals surface area contributed by atoms with Gasteiger partial charge in [0.05, 0.1) is 23.7 Å². The van der Waals surface area contributed by atoms with Gasteiger partial charge in [0.25, 0.3) is 0 Å². The molecule has 2 aromatic carbocycles. The van der Waals surface area contributed by atoms with E-state index < -0.39 is 0 Å². The number of fused-ring (bicyclic) bond motifs is 1. The van der Waals surface area contributed by atoms with Crippen molar-refractivity contribution in [1.29, 1.82) is 0 Å². The van der Waals surface area contributed by atoms with Gasteiger partial charge in [-0.15, -0.1) is 0 Å². The van der Waals surface area contributed by atoms with Crippen molar-refractivity contribution in [2.45, 2.75) is 26.3 Å². The highest BCUT2D eigenvalue weighted by Gasteiger charge is 2.15. The molecule has 114 valence electrons. The van der Waals surface area contributed by atoms with Gasteiger partial charge in [-0.2, -0.15) is 5.10 Å². The highest BCUT2D eigenvalue weighted by Crippen LogP contribution is 2.36. The normalized spacial score (nSPS) is 11.8. The zero-order valence-corrected chi connectivity index (χ0v) is 13.2. The van der Waals surface area contributed by atoms with E-state index in [0.29, 0.717) is 6.61 Å². The summed E-state index contributed by atoms with van der Waals surface area (Å²) < 4.78 is 5.88. The summed E-state index contributed by atoms with van der Waals surface area (Å²) in [5.41, 5.74) is 10.1. The van der Waals surface area contributed by atoms with Crippen LogP contribution >= 0.6 is 0 Å². The van der Waals surface area contributed by atoms with Crippen molar-refractivity contribution in [2.75, 3.05) is 6.61 Å². The lowest BCUT2D eigenvalue weighted by Crippen LogP contribution is -2.28. The van der Waals surface area contributed by atoms with E-state index >= 15 is 0 Å². The molecule has 3 N–H and O–H groups in total. The van der Waals surface area contributed by atoms with Gasteiger partial charge in [-0.3, -0.25) is 5.10 Å². The second kappa shape index (κ2) is 5.46. The van der Waals surface area contributed by atoms with Crippen LogP contribution in [0.3, 0.4) is 0 Å². The molecule has 0 unspecified atom stereocenters. The molecule has 0 radical (unpaired) electrons. The van der Waals surface area contributed by atoms with E-state index in [1.165, 1.54) is 0 Å². The SMILES string of the molecule is CCOc1c(-c2ccc(C(C)(C)N)cc2)ccc2[nH]ncc12. The van der Waals surface area contributed by atoms with Crippen molar-refractivity contribution < 1.29 is 4.74 Å². The maximum Gasteiger partial charge on any atom is 0.138 e. The summed E-state index contributed by atoms with van der Waals surface area (Å²) in [7, 11) is 0. The van der Waals surface area contributed by atoms with E-state index in [1.807, 2.05) is 26.8 Å². The third-order valence-corrected chi connectivity index (χ3v) is 3.80. The Morgan fingerprint density at radius 3 is 2.50 bits per heavy atom. The summed E-state index contributed by atoms with van der Waals surface area (Å²) >= 11 is 0. The molecule has 0 fully saturated rings. The van der Waals surface area contributed by atoms with Gasteiger partial charge < -0.3 is 10.5 Å². The molecule has 3 aromatic rings. The van der Waals surface area contributed by atoms with Crippen LogP contribution in [0.25, 0.3) is 22.0 Å². The fourth-order valence-corrected chi connectivity index (χ4v) is 2.60. The molecule has 1 aromatic heterocycles. The van der Waals surface area contributed by atoms with E-state index in [1.54, 1.807) is 6.20 Å². The van der Waals surface area contributed by atoms with Crippen molar-refractivity contribution in [3.05, 3.63) is 48.2 Å². The number of hydrogen-bond acceptors (Lipinski definition) is 3. The molecule has 4 nitrogen and oxygen atoms in total. The van der Waals surface area contributed by atoms with Gasteiger partial charge in [0.15, 0.2) is 0 Å². The Balaban J connectivity index is 2.11. The fraction of sp³-hybridized carbons (Fsp3) is 0.278. The largest absolute Gasteiger partial charge is 0.492 e. The molecule has 0 bridgehead atoms. The Hall–Kier alpha value is -2.33. The van der Waals surface area contributed by atoms with Crippen LogP contribution in [0, 0.1) is 0 Å². The number of aromatic nitrogens is 2. The van der Waals surface area contributed by atoms with Crippen molar-refractivity contribution in [1.82, 2.24) is 10.2 Å². The number of aromatic amines is 1. The number of hydrogen-bond donors (Lipinski definition) is 2.